The first-order valence-electron chi connectivity index (χ1n) is 10.5. The van der Waals surface area contributed by atoms with Crippen LogP contribution >= 0.6 is 11.8 Å². The third-order valence-electron chi connectivity index (χ3n) is 5.35. The van der Waals surface area contributed by atoms with Crippen molar-refractivity contribution < 1.29 is 18.0 Å². The van der Waals surface area contributed by atoms with Crippen molar-refractivity contribution in [1.82, 2.24) is 19.4 Å². The van der Waals surface area contributed by atoms with Gasteiger partial charge in [0.05, 0.1) is 17.3 Å². The Bertz CT molecular complexity index is 904. The Morgan fingerprint density at radius 3 is 2.29 bits per heavy atom. The predicted molar refractivity (Wildman–Crippen MR) is 122 cm³/mol. The number of sulfonamides is 1. The van der Waals surface area contributed by atoms with Gasteiger partial charge in [-0.2, -0.15) is 4.31 Å². The van der Waals surface area contributed by atoms with Gasteiger partial charge in [0, 0.05) is 37.5 Å². The first kappa shape index (κ1) is 24.0. The largest absolute Gasteiger partial charge is 0.350 e. The fourth-order valence-electron chi connectivity index (χ4n) is 3.63. The molecule has 1 atom stereocenters. The molecular formula is C21H32N4O4S2. The van der Waals surface area contributed by atoms with Gasteiger partial charge in [0.15, 0.2) is 0 Å². The van der Waals surface area contributed by atoms with Gasteiger partial charge in [-0.1, -0.05) is 17.7 Å². The van der Waals surface area contributed by atoms with Crippen molar-refractivity contribution in [3.05, 3.63) is 29.8 Å². The van der Waals surface area contributed by atoms with Crippen molar-refractivity contribution in [3.8, 4) is 0 Å². The minimum atomic E-state index is -3.53. The summed E-state index contributed by atoms with van der Waals surface area (Å²) in [6.45, 7) is 9.52. The standard InChI is InChI=1S/C21H32N4O4S2/c1-16-5-7-17(8-6-16)31(28,29)24-11-9-23(10-12-24)13-19(26)25-15-30-14-18(25)20(27)22-21(2,3)4/h5-8,18H,9-15H2,1-4H3,(H,22,27). The van der Waals surface area contributed by atoms with Gasteiger partial charge >= 0.3 is 0 Å². The Kier molecular flexibility index (Phi) is 7.35. The summed E-state index contributed by atoms with van der Waals surface area (Å²) >= 11 is 1.58. The van der Waals surface area contributed by atoms with Gasteiger partial charge in [-0.3, -0.25) is 14.5 Å². The minimum Gasteiger partial charge on any atom is -0.350 e. The maximum atomic E-state index is 12.9. The van der Waals surface area contributed by atoms with Crippen LogP contribution in [0.15, 0.2) is 29.2 Å². The van der Waals surface area contributed by atoms with E-state index in [1.165, 1.54) is 4.31 Å². The Balaban J connectivity index is 1.55. The lowest BCUT2D eigenvalue weighted by atomic mass is 10.1. The van der Waals surface area contributed by atoms with Crippen molar-refractivity contribution in [2.75, 3.05) is 44.4 Å². The summed E-state index contributed by atoms with van der Waals surface area (Å²) in [7, 11) is -3.53. The van der Waals surface area contributed by atoms with Crippen LogP contribution in [0.4, 0.5) is 0 Å². The number of piperazine rings is 1. The summed E-state index contributed by atoms with van der Waals surface area (Å²) in [6, 6.07) is 6.40. The zero-order valence-electron chi connectivity index (χ0n) is 18.6. The number of benzene rings is 1. The number of rotatable bonds is 5. The zero-order chi connectivity index (χ0) is 22.8. The topological polar surface area (TPSA) is 90.0 Å². The Morgan fingerprint density at radius 1 is 1.10 bits per heavy atom. The van der Waals surface area contributed by atoms with Crippen LogP contribution in [0.5, 0.6) is 0 Å². The van der Waals surface area contributed by atoms with Crippen molar-refractivity contribution in [2.24, 2.45) is 0 Å². The number of carbonyl (C=O) groups is 2. The van der Waals surface area contributed by atoms with E-state index >= 15 is 0 Å². The summed E-state index contributed by atoms with van der Waals surface area (Å²) in [5.41, 5.74) is 0.662. The van der Waals surface area contributed by atoms with Crippen molar-refractivity contribution in [1.29, 1.82) is 0 Å². The number of carbonyl (C=O) groups excluding carboxylic acids is 2. The number of aryl methyl sites for hydroxylation is 1. The third kappa shape index (κ3) is 6.00. The highest BCUT2D eigenvalue weighted by atomic mass is 32.2. The molecular weight excluding hydrogens is 436 g/mol. The molecule has 0 bridgehead atoms. The number of thioether (sulfide) groups is 1. The van der Waals surface area contributed by atoms with Crippen molar-refractivity contribution in [2.45, 2.75) is 44.2 Å². The minimum absolute atomic E-state index is 0.0890. The van der Waals surface area contributed by atoms with Gasteiger partial charge in [-0.25, -0.2) is 8.42 Å². The van der Waals surface area contributed by atoms with Gasteiger partial charge in [0.1, 0.15) is 6.04 Å². The highest BCUT2D eigenvalue weighted by Crippen LogP contribution is 2.23. The second kappa shape index (κ2) is 9.48. The molecule has 2 fully saturated rings. The van der Waals surface area contributed by atoms with Gasteiger partial charge in [-0.05, 0) is 39.8 Å². The van der Waals surface area contributed by atoms with Crippen LogP contribution in [-0.2, 0) is 19.6 Å². The zero-order valence-corrected chi connectivity index (χ0v) is 20.3. The van der Waals surface area contributed by atoms with E-state index in [2.05, 4.69) is 5.32 Å². The van der Waals surface area contributed by atoms with Crippen LogP contribution in [0.2, 0.25) is 0 Å². The monoisotopic (exact) mass is 468 g/mol. The number of nitrogens with zero attached hydrogens (tertiary/aromatic N) is 3. The maximum absolute atomic E-state index is 12.9. The molecule has 2 saturated heterocycles. The number of nitrogens with one attached hydrogen (secondary N) is 1. The maximum Gasteiger partial charge on any atom is 0.244 e. The molecule has 3 rings (SSSR count). The third-order valence-corrected chi connectivity index (χ3v) is 8.28. The van der Waals surface area contributed by atoms with Crippen LogP contribution < -0.4 is 5.32 Å². The van der Waals surface area contributed by atoms with Crippen molar-refractivity contribution in [3.63, 3.8) is 0 Å². The average molecular weight is 469 g/mol. The predicted octanol–water partition coefficient (Wildman–Crippen LogP) is 1.12. The molecule has 2 aliphatic rings. The summed E-state index contributed by atoms with van der Waals surface area (Å²) in [5.74, 6) is 0.882. The van der Waals surface area contributed by atoms with E-state index in [1.807, 2.05) is 32.6 Å². The molecule has 0 spiro atoms. The number of hydrogen-bond acceptors (Lipinski definition) is 6. The summed E-state index contributed by atoms with van der Waals surface area (Å²) in [6.07, 6.45) is 0. The molecule has 1 unspecified atom stereocenters. The molecule has 1 aromatic rings. The quantitative estimate of drug-likeness (QED) is 0.697. The van der Waals surface area contributed by atoms with E-state index < -0.39 is 16.1 Å². The Labute approximate surface area is 189 Å². The van der Waals surface area contributed by atoms with E-state index in [0.29, 0.717) is 42.7 Å². The van der Waals surface area contributed by atoms with Crippen LogP contribution in [0.3, 0.4) is 0 Å². The second-order valence-electron chi connectivity index (χ2n) is 9.11. The smallest absolute Gasteiger partial charge is 0.244 e. The summed E-state index contributed by atoms with van der Waals surface area (Å²) in [4.78, 5) is 29.4. The van der Waals surface area contributed by atoms with Crippen molar-refractivity contribution >= 4 is 33.6 Å². The molecule has 0 aromatic heterocycles. The molecule has 0 saturated carbocycles. The van der Waals surface area contributed by atoms with Gasteiger partial charge in [0.25, 0.3) is 0 Å². The molecule has 2 heterocycles. The first-order valence-corrected chi connectivity index (χ1v) is 13.1. The normalized spacial score (nSPS) is 21.3. The molecule has 172 valence electrons. The van der Waals surface area contributed by atoms with Crippen LogP contribution in [0, 0.1) is 6.92 Å². The van der Waals surface area contributed by atoms with E-state index in [1.54, 1.807) is 40.9 Å². The van der Waals surface area contributed by atoms with Gasteiger partial charge in [0.2, 0.25) is 21.8 Å². The van der Waals surface area contributed by atoms with Crippen LogP contribution in [-0.4, -0.2) is 90.3 Å². The molecule has 8 nitrogen and oxygen atoms in total. The highest BCUT2D eigenvalue weighted by Gasteiger charge is 2.37. The Morgan fingerprint density at radius 2 is 1.71 bits per heavy atom. The average Bonchev–Trinajstić information content (AvgIpc) is 3.18. The molecule has 1 N–H and O–H groups in total. The lowest BCUT2D eigenvalue weighted by Gasteiger charge is -2.35. The van der Waals surface area contributed by atoms with E-state index in [-0.39, 0.29) is 23.9 Å². The molecule has 1 aromatic carbocycles. The summed E-state index contributed by atoms with van der Waals surface area (Å²) in [5, 5.41) is 2.96. The summed E-state index contributed by atoms with van der Waals surface area (Å²) < 4.78 is 27.2. The van der Waals surface area contributed by atoms with Crippen LogP contribution in [0.25, 0.3) is 0 Å². The first-order chi connectivity index (χ1) is 14.5. The van der Waals surface area contributed by atoms with E-state index in [9.17, 15) is 18.0 Å². The molecule has 2 aliphatic heterocycles. The fraction of sp³-hybridized carbons (Fsp3) is 0.619. The lowest BCUT2D eigenvalue weighted by molar-refractivity contribution is -0.139. The highest BCUT2D eigenvalue weighted by molar-refractivity contribution is 7.99. The number of amides is 2. The molecule has 10 heteroatoms. The molecule has 0 aliphatic carbocycles. The Hall–Kier alpha value is -1.62. The molecule has 2 amide bonds. The fourth-order valence-corrected chi connectivity index (χ4v) is 6.23. The van der Waals surface area contributed by atoms with E-state index in [4.69, 9.17) is 0 Å². The number of hydrogen-bond donors (Lipinski definition) is 1. The molecule has 31 heavy (non-hydrogen) atoms. The second-order valence-corrected chi connectivity index (χ2v) is 12.0. The molecule has 0 radical (unpaired) electrons. The van der Waals surface area contributed by atoms with Gasteiger partial charge < -0.3 is 10.2 Å². The van der Waals surface area contributed by atoms with E-state index in [0.717, 1.165) is 5.56 Å². The SMILES string of the molecule is Cc1ccc(S(=O)(=O)N2CCN(CC(=O)N3CSCC3C(=O)NC(C)(C)C)CC2)cc1. The van der Waals surface area contributed by atoms with Crippen LogP contribution in [0.1, 0.15) is 26.3 Å². The van der Waals surface area contributed by atoms with Gasteiger partial charge in [-0.15, -0.1) is 11.8 Å². The lowest BCUT2D eigenvalue weighted by Crippen LogP contribution is -2.55.